The molecule has 26 heavy (non-hydrogen) atoms. The van der Waals surface area contributed by atoms with E-state index in [1.54, 1.807) is 17.0 Å². The molecule has 1 aromatic rings. The number of hydrazone groups is 1. The molecule has 11 heteroatoms. The lowest BCUT2D eigenvalue weighted by molar-refractivity contribution is 0.142. The third-order valence-electron chi connectivity index (χ3n) is 3.88. The number of halogens is 3. The third-order valence-corrected chi connectivity index (χ3v) is 4.20. The van der Waals surface area contributed by atoms with Crippen LogP contribution in [0.1, 0.15) is 0 Å². The lowest BCUT2D eigenvalue weighted by atomic mass is 10.2. The molecule has 7 nitrogen and oxygen atoms in total. The first-order valence-electron chi connectivity index (χ1n) is 7.82. The van der Waals surface area contributed by atoms with Crippen molar-refractivity contribution in [1.82, 2.24) is 10.7 Å². The SMILES string of the molecule is O=C1OC(CNC(=S)C(F)F)CN1c1ccc(N2C=NNCC2)c(F)c1. The zero-order valence-corrected chi connectivity index (χ0v) is 14.3. The Hall–Kier alpha value is -2.56. The molecule has 1 saturated heterocycles. The molecule has 1 unspecified atom stereocenters. The lowest BCUT2D eigenvalue weighted by Gasteiger charge is -2.24. The molecule has 2 N–H and O–H groups in total. The molecule has 1 amide bonds. The second-order valence-corrected chi connectivity index (χ2v) is 6.08. The van der Waals surface area contributed by atoms with Gasteiger partial charge in [0.1, 0.15) is 23.2 Å². The molecule has 0 saturated carbocycles. The Balaban J connectivity index is 1.66. The number of rotatable bonds is 5. The van der Waals surface area contributed by atoms with Crippen LogP contribution in [0.25, 0.3) is 0 Å². The van der Waals surface area contributed by atoms with E-state index in [9.17, 15) is 18.0 Å². The molecule has 0 bridgehead atoms. The summed E-state index contributed by atoms with van der Waals surface area (Å²) in [5.74, 6) is -0.510. The molecular formula is C15H16F3N5O2S. The molecule has 0 spiro atoms. The molecule has 3 rings (SSSR count). The van der Waals surface area contributed by atoms with Gasteiger partial charge in [-0.25, -0.2) is 18.0 Å². The van der Waals surface area contributed by atoms with E-state index >= 15 is 0 Å². The summed E-state index contributed by atoms with van der Waals surface area (Å²) < 4.78 is 44.3. The van der Waals surface area contributed by atoms with Crippen LogP contribution in [0, 0.1) is 5.82 Å². The maximum atomic E-state index is 14.4. The van der Waals surface area contributed by atoms with Crippen molar-refractivity contribution >= 4 is 41.0 Å². The van der Waals surface area contributed by atoms with E-state index in [1.807, 2.05) is 0 Å². The van der Waals surface area contributed by atoms with Crippen molar-refractivity contribution in [2.45, 2.75) is 12.5 Å². The van der Waals surface area contributed by atoms with Crippen LogP contribution in [0.15, 0.2) is 23.3 Å². The van der Waals surface area contributed by atoms with Gasteiger partial charge in [-0.05, 0) is 18.2 Å². The van der Waals surface area contributed by atoms with E-state index < -0.39 is 29.4 Å². The smallest absolute Gasteiger partial charge is 0.414 e. The normalized spacial score (nSPS) is 19.5. The number of nitrogens with zero attached hydrogens (tertiary/aromatic N) is 3. The minimum absolute atomic E-state index is 0.0385. The van der Waals surface area contributed by atoms with Crippen molar-refractivity contribution < 1.29 is 22.7 Å². The number of amides is 1. The number of cyclic esters (lactones) is 1. The number of carbonyl (C=O) groups excluding carboxylic acids is 1. The number of thiocarbonyl (C=S) groups is 1. The number of hydrogen-bond donors (Lipinski definition) is 2. The summed E-state index contributed by atoms with van der Waals surface area (Å²) in [6, 6.07) is 4.37. The highest BCUT2D eigenvalue weighted by Gasteiger charge is 2.33. The second-order valence-electron chi connectivity index (χ2n) is 5.64. The van der Waals surface area contributed by atoms with E-state index in [1.165, 1.54) is 17.3 Å². The molecule has 1 aromatic carbocycles. The van der Waals surface area contributed by atoms with Crippen LogP contribution < -0.4 is 20.5 Å². The maximum absolute atomic E-state index is 14.4. The largest absolute Gasteiger partial charge is 0.442 e. The molecule has 2 aliphatic rings. The number of ether oxygens (including phenoxy) is 1. The van der Waals surface area contributed by atoms with Crippen LogP contribution in [0.2, 0.25) is 0 Å². The summed E-state index contributed by atoms with van der Waals surface area (Å²) in [6.07, 6.45) is -2.62. The van der Waals surface area contributed by atoms with Crippen LogP contribution in [0.3, 0.4) is 0 Å². The number of nitrogens with one attached hydrogen (secondary N) is 2. The van der Waals surface area contributed by atoms with Gasteiger partial charge >= 0.3 is 6.09 Å². The second kappa shape index (κ2) is 7.77. The Kier molecular flexibility index (Phi) is 5.45. The standard InChI is InChI=1S/C15H16F3N5O2S/c16-11-5-9(1-2-12(11)22-4-3-20-21-8-22)23-7-10(25-15(23)24)6-19-14(26)13(17)18/h1-2,5,8,10,13,20H,3-4,6-7H2,(H,19,26). The monoisotopic (exact) mass is 387 g/mol. The summed E-state index contributed by atoms with van der Waals surface area (Å²) in [7, 11) is 0. The minimum atomic E-state index is -2.77. The predicted molar refractivity (Wildman–Crippen MR) is 94.5 cm³/mol. The summed E-state index contributed by atoms with van der Waals surface area (Å²) >= 11 is 4.47. The van der Waals surface area contributed by atoms with Crippen molar-refractivity contribution in [3.8, 4) is 0 Å². The topological polar surface area (TPSA) is 69.2 Å². The highest BCUT2D eigenvalue weighted by Crippen LogP contribution is 2.27. The maximum Gasteiger partial charge on any atom is 0.414 e. The van der Waals surface area contributed by atoms with Gasteiger partial charge in [0.25, 0.3) is 6.43 Å². The number of carbonyl (C=O) groups is 1. The fourth-order valence-electron chi connectivity index (χ4n) is 2.61. The Labute approximate surface area is 152 Å². The van der Waals surface area contributed by atoms with Crippen molar-refractivity contribution in [3.05, 3.63) is 24.0 Å². The third kappa shape index (κ3) is 3.98. The molecule has 1 fully saturated rings. The average Bonchev–Trinajstić information content (AvgIpc) is 3.01. The van der Waals surface area contributed by atoms with Crippen LogP contribution in [0.4, 0.5) is 29.3 Å². The van der Waals surface area contributed by atoms with Crippen molar-refractivity contribution in [2.24, 2.45) is 5.10 Å². The van der Waals surface area contributed by atoms with E-state index in [0.717, 1.165) is 0 Å². The van der Waals surface area contributed by atoms with Gasteiger partial charge in [0.05, 0.1) is 31.0 Å². The Morgan fingerprint density at radius 3 is 2.96 bits per heavy atom. The molecule has 140 valence electrons. The van der Waals surface area contributed by atoms with Gasteiger partial charge in [0.2, 0.25) is 0 Å². The Morgan fingerprint density at radius 1 is 1.50 bits per heavy atom. The summed E-state index contributed by atoms with van der Waals surface area (Å²) in [5.41, 5.74) is 3.43. The first kappa shape index (κ1) is 18.2. The molecule has 2 heterocycles. The number of alkyl halides is 2. The molecule has 1 atom stereocenters. The zero-order valence-electron chi connectivity index (χ0n) is 13.5. The zero-order chi connectivity index (χ0) is 18.7. The van der Waals surface area contributed by atoms with Gasteiger partial charge in [-0.15, -0.1) is 0 Å². The molecular weight excluding hydrogens is 371 g/mol. The lowest BCUT2D eigenvalue weighted by Crippen LogP contribution is -2.36. The molecule has 0 aliphatic carbocycles. The van der Waals surface area contributed by atoms with Crippen molar-refractivity contribution in [1.29, 1.82) is 0 Å². The molecule has 0 aromatic heterocycles. The number of anilines is 2. The van der Waals surface area contributed by atoms with E-state index in [2.05, 4.69) is 28.1 Å². The van der Waals surface area contributed by atoms with Crippen LogP contribution >= 0.6 is 12.2 Å². The van der Waals surface area contributed by atoms with Gasteiger partial charge in [-0.2, -0.15) is 5.10 Å². The first-order valence-corrected chi connectivity index (χ1v) is 8.23. The molecule has 2 aliphatic heterocycles. The Morgan fingerprint density at radius 2 is 2.31 bits per heavy atom. The van der Waals surface area contributed by atoms with E-state index in [0.29, 0.717) is 24.5 Å². The van der Waals surface area contributed by atoms with Crippen LogP contribution in [0.5, 0.6) is 0 Å². The van der Waals surface area contributed by atoms with Gasteiger partial charge < -0.3 is 20.4 Å². The number of hydrogen-bond acceptors (Lipinski definition) is 6. The van der Waals surface area contributed by atoms with Crippen molar-refractivity contribution in [3.63, 3.8) is 0 Å². The van der Waals surface area contributed by atoms with Gasteiger partial charge in [-0.3, -0.25) is 4.90 Å². The van der Waals surface area contributed by atoms with E-state index in [-0.39, 0.29) is 13.1 Å². The highest BCUT2D eigenvalue weighted by molar-refractivity contribution is 7.80. The quantitative estimate of drug-likeness (QED) is 0.750. The first-order chi connectivity index (χ1) is 12.5. The highest BCUT2D eigenvalue weighted by atomic mass is 32.1. The van der Waals surface area contributed by atoms with Gasteiger partial charge in [-0.1, -0.05) is 12.2 Å². The van der Waals surface area contributed by atoms with Gasteiger partial charge in [0, 0.05) is 6.54 Å². The average molecular weight is 387 g/mol. The number of benzene rings is 1. The van der Waals surface area contributed by atoms with Crippen molar-refractivity contribution in [2.75, 3.05) is 36.0 Å². The van der Waals surface area contributed by atoms with Crippen LogP contribution in [-0.2, 0) is 4.74 Å². The fraction of sp³-hybridized carbons (Fsp3) is 0.400. The van der Waals surface area contributed by atoms with E-state index in [4.69, 9.17) is 4.74 Å². The molecule has 0 radical (unpaired) electrons. The van der Waals surface area contributed by atoms with Crippen LogP contribution in [-0.4, -0.2) is 56.1 Å². The fourth-order valence-corrected chi connectivity index (χ4v) is 2.70. The Bertz CT molecular complexity index is 733. The summed E-state index contributed by atoms with van der Waals surface area (Å²) in [6.45, 7) is 1.21. The minimum Gasteiger partial charge on any atom is -0.442 e. The predicted octanol–water partition coefficient (Wildman–Crippen LogP) is 1.69. The summed E-state index contributed by atoms with van der Waals surface area (Å²) in [4.78, 5) is 14.3. The summed E-state index contributed by atoms with van der Waals surface area (Å²) in [5, 5.41) is 6.23. The van der Waals surface area contributed by atoms with Gasteiger partial charge in [0.15, 0.2) is 0 Å².